The van der Waals surface area contributed by atoms with Gasteiger partial charge in [0, 0.05) is 25.8 Å². The monoisotopic (exact) mass is 224 g/mol. The van der Waals surface area contributed by atoms with Gasteiger partial charge in [0.15, 0.2) is 0 Å². The van der Waals surface area contributed by atoms with E-state index in [1.807, 2.05) is 0 Å². The SMILES string of the molecule is Cn1ncc(CNC(=O)[C@H]2CCCO2)c1N. The van der Waals surface area contributed by atoms with Crippen LogP contribution in [0.25, 0.3) is 0 Å². The first-order valence-electron chi connectivity index (χ1n) is 5.34. The predicted molar refractivity (Wildman–Crippen MR) is 58.4 cm³/mol. The van der Waals surface area contributed by atoms with Crippen molar-refractivity contribution in [2.24, 2.45) is 7.05 Å². The normalized spacial score (nSPS) is 19.9. The fraction of sp³-hybridized carbons (Fsp3) is 0.600. The third-order valence-electron chi connectivity index (χ3n) is 2.74. The summed E-state index contributed by atoms with van der Waals surface area (Å²) < 4.78 is 6.85. The minimum Gasteiger partial charge on any atom is -0.384 e. The Bertz CT molecular complexity index is 382. The Morgan fingerprint density at radius 2 is 2.62 bits per heavy atom. The molecule has 0 spiro atoms. The van der Waals surface area contributed by atoms with Gasteiger partial charge in [-0.2, -0.15) is 5.10 Å². The van der Waals surface area contributed by atoms with Gasteiger partial charge in [-0.3, -0.25) is 9.48 Å². The van der Waals surface area contributed by atoms with Crippen molar-refractivity contribution in [3.63, 3.8) is 0 Å². The number of amides is 1. The molecule has 0 radical (unpaired) electrons. The Labute approximate surface area is 93.8 Å². The molecule has 1 saturated heterocycles. The molecular formula is C10H16N4O2. The molecule has 1 aliphatic heterocycles. The molecule has 0 aromatic carbocycles. The van der Waals surface area contributed by atoms with E-state index in [2.05, 4.69) is 10.4 Å². The van der Waals surface area contributed by atoms with Crippen LogP contribution >= 0.6 is 0 Å². The maximum atomic E-state index is 11.6. The molecule has 0 aliphatic carbocycles. The smallest absolute Gasteiger partial charge is 0.249 e. The number of hydrogen-bond donors (Lipinski definition) is 2. The lowest BCUT2D eigenvalue weighted by Crippen LogP contribution is -2.33. The Morgan fingerprint density at radius 3 is 3.19 bits per heavy atom. The van der Waals surface area contributed by atoms with Crippen molar-refractivity contribution in [2.75, 3.05) is 12.3 Å². The van der Waals surface area contributed by atoms with Crippen LogP contribution in [0.4, 0.5) is 5.82 Å². The van der Waals surface area contributed by atoms with Crippen molar-refractivity contribution in [2.45, 2.75) is 25.5 Å². The fourth-order valence-electron chi connectivity index (χ4n) is 1.71. The summed E-state index contributed by atoms with van der Waals surface area (Å²) in [5, 5.41) is 6.80. The molecule has 1 aromatic rings. The summed E-state index contributed by atoms with van der Waals surface area (Å²) in [6.07, 6.45) is 3.12. The van der Waals surface area contributed by atoms with Gasteiger partial charge in [0.1, 0.15) is 11.9 Å². The van der Waals surface area contributed by atoms with Crippen LogP contribution in [-0.2, 0) is 23.1 Å². The van der Waals surface area contributed by atoms with Crippen LogP contribution in [0.2, 0.25) is 0 Å². The van der Waals surface area contributed by atoms with Crippen molar-refractivity contribution in [3.8, 4) is 0 Å². The number of nitrogen functional groups attached to an aromatic ring is 1. The molecular weight excluding hydrogens is 208 g/mol. The zero-order valence-electron chi connectivity index (χ0n) is 9.27. The number of aryl methyl sites for hydroxylation is 1. The third kappa shape index (κ3) is 2.16. The Balaban J connectivity index is 1.87. The zero-order chi connectivity index (χ0) is 11.5. The molecule has 6 heteroatoms. The van der Waals surface area contributed by atoms with E-state index in [9.17, 15) is 4.79 Å². The van der Waals surface area contributed by atoms with Crippen molar-refractivity contribution < 1.29 is 9.53 Å². The van der Waals surface area contributed by atoms with Crippen molar-refractivity contribution in [1.82, 2.24) is 15.1 Å². The zero-order valence-corrected chi connectivity index (χ0v) is 9.27. The molecule has 2 rings (SSSR count). The number of nitrogens with one attached hydrogen (secondary N) is 1. The molecule has 2 heterocycles. The van der Waals surface area contributed by atoms with E-state index in [0.717, 1.165) is 18.4 Å². The maximum absolute atomic E-state index is 11.6. The first-order chi connectivity index (χ1) is 7.68. The third-order valence-corrected chi connectivity index (χ3v) is 2.74. The van der Waals surface area contributed by atoms with Crippen LogP contribution in [-0.4, -0.2) is 28.4 Å². The number of nitrogens with two attached hydrogens (primary N) is 1. The summed E-state index contributed by atoms with van der Waals surface area (Å²) in [6.45, 7) is 1.07. The van der Waals surface area contributed by atoms with Crippen LogP contribution in [0.3, 0.4) is 0 Å². The average Bonchev–Trinajstić information content (AvgIpc) is 2.89. The number of ether oxygens (including phenoxy) is 1. The summed E-state index contributed by atoms with van der Waals surface area (Å²) in [5.74, 6) is 0.508. The van der Waals surface area contributed by atoms with Crippen LogP contribution in [0.1, 0.15) is 18.4 Å². The topological polar surface area (TPSA) is 82.2 Å². The summed E-state index contributed by atoms with van der Waals surface area (Å²) in [4.78, 5) is 11.6. The van der Waals surface area contributed by atoms with Crippen LogP contribution < -0.4 is 11.1 Å². The largest absolute Gasteiger partial charge is 0.384 e. The summed E-state index contributed by atoms with van der Waals surface area (Å²) >= 11 is 0. The van der Waals surface area contributed by atoms with Gasteiger partial charge in [-0.05, 0) is 12.8 Å². The first-order valence-corrected chi connectivity index (χ1v) is 5.34. The molecule has 1 fully saturated rings. The minimum atomic E-state index is -0.294. The van der Waals surface area contributed by atoms with E-state index in [1.54, 1.807) is 17.9 Å². The number of carbonyl (C=O) groups excluding carboxylic acids is 1. The van der Waals surface area contributed by atoms with Gasteiger partial charge in [-0.25, -0.2) is 0 Å². The highest BCUT2D eigenvalue weighted by Crippen LogP contribution is 2.13. The van der Waals surface area contributed by atoms with Gasteiger partial charge >= 0.3 is 0 Å². The molecule has 0 saturated carbocycles. The summed E-state index contributed by atoms with van der Waals surface area (Å²) in [6, 6.07) is 0. The predicted octanol–water partition coefficient (Wildman–Crippen LogP) is -0.203. The Morgan fingerprint density at radius 1 is 1.81 bits per heavy atom. The number of aromatic nitrogens is 2. The summed E-state index contributed by atoms with van der Waals surface area (Å²) in [7, 11) is 1.76. The van der Waals surface area contributed by atoms with E-state index in [1.165, 1.54) is 0 Å². The van der Waals surface area contributed by atoms with Gasteiger partial charge < -0.3 is 15.8 Å². The molecule has 88 valence electrons. The van der Waals surface area contributed by atoms with E-state index in [4.69, 9.17) is 10.5 Å². The second kappa shape index (κ2) is 4.52. The molecule has 1 atom stereocenters. The second-order valence-corrected chi connectivity index (χ2v) is 3.90. The Kier molecular flexibility index (Phi) is 3.09. The second-order valence-electron chi connectivity index (χ2n) is 3.90. The standard InChI is InChI=1S/C10H16N4O2/c1-14-9(11)7(6-13-14)5-12-10(15)8-3-2-4-16-8/h6,8H,2-5,11H2,1H3,(H,12,15)/t8-/m1/s1. The molecule has 1 amide bonds. The van der Waals surface area contributed by atoms with Crippen LogP contribution in [0.5, 0.6) is 0 Å². The molecule has 1 aromatic heterocycles. The number of anilines is 1. The highest BCUT2D eigenvalue weighted by molar-refractivity contribution is 5.81. The molecule has 0 unspecified atom stereocenters. The van der Waals surface area contributed by atoms with Crippen LogP contribution in [0, 0.1) is 0 Å². The summed E-state index contributed by atoms with van der Waals surface area (Å²) in [5.41, 5.74) is 6.59. The van der Waals surface area contributed by atoms with Crippen molar-refractivity contribution in [1.29, 1.82) is 0 Å². The van der Waals surface area contributed by atoms with Gasteiger partial charge in [0.25, 0.3) is 0 Å². The maximum Gasteiger partial charge on any atom is 0.249 e. The number of nitrogens with zero attached hydrogens (tertiary/aromatic N) is 2. The van der Waals surface area contributed by atoms with E-state index in [-0.39, 0.29) is 12.0 Å². The lowest BCUT2D eigenvalue weighted by atomic mass is 10.2. The van der Waals surface area contributed by atoms with Crippen LogP contribution in [0.15, 0.2) is 6.20 Å². The quantitative estimate of drug-likeness (QED) is 0.744. The highest BCUT2D eigenvalue weighted by Gasteiger charge is 2.23. The number of hydrogen-bond acceptors (Lipinski definition) is 4. The average molecular weight is 224 g/mol. The molecule has 6 nitrogen and oxygen atoms in total. The first kappa shape index (κ1) is 10.9. The lowest BCUT2D eigenvalue weighted by molar-refractivity contribution is -0.130. The minimum absolute atomic E-state index is 0.0687. The van der Waals surface area contributed by atoms with Gasteiger partial charge in [-0.15, -0.1) is 0 Å². The lowest BCUT2D eigenvalue weighted by Gasteiger charge is -2.09. The van der Waals surface area contributed by atoms with Crippen molar-refractivity contribution in [3.05, 3.63) is 11.8 Å². The van der Waals surface area contributed by atoms with Crippen molar-refractivity contribution >= 4 is 11.7 Å². The van der Waals surface area contributed by atoms with Gasteiger partial charge in [0.2, 0.25) is 5.91 Å². The fourth-order valence-corrected chi connectivity index (χ4v) is 1.71. The molecule has 16 heavy (non-hydrogen) atoms. The van der Waals surface area contributed by atoms with E-state index in [0.29, 0.717) is 19.0 Å². The van der Waals surface area contributed by atoms with E-state index >= 15 is 0 Å². The number of rotatable bonds is 3. The highest BCUT2D eigenvalue weighted by atomic mass is 16.5. The molecule has 3 N–H and O–H groups in total. The molecule has 0 bridgehead atoms. The van der Waals surface area contributed by atoms with Gasteiger partial charge in [0.05, 0.1) is 6.20 Å². The molecule has 1 aliphatic rings. The Hall–Kier alpha value is -1.56. The number of carbonyl (C=O) groups is 1. The van der Waals surface area contributed by atoms with Gasteiger partial charge in [-0.1, -0.05) is 0 Å². The van der Waals surface area contributed by atoms with E-state index < -0.39 is 0 Å².